The van der Waals surface area contributed by atoms with Gasteiger partial charge in [-0.2, -0.15) is 0 Å². The van der Waals surface area contributed by atoms with Crippen LogP contribution in [-0.4, -0.2) is 39.0 Å². The van der Waals surface area contributed by atoms with Crippen LogP contribution >= 0.6 is 0 Å². The number of nitrogens with one attached hydrogen (secondary N) is 2. The van der Waals surface area contributed by atoms with Crippen molar-refractivity contribution in [1.82, 2.24) is 10.0 Å². The molecule has 0 aromatic heterocycles. The van der Waals surface area contributed by atoms with Gasteiger partial charge in [-0.25, -0.2) is 13.1 Å². The van der Waals surface area contributed by atoms with Gasteiger partial charge >= 0.3 is 0 Å². The lowest BCUT2D eigenvalue weighted by molar-refractivity contribution is -0.125. The van der Waals surface area contributed by atoms with Gasteiger partial charge in [-0.15, -0.1) is 0 Å². The third kappa shape index (κ3) is 9.03. The summed E-state index contributed by atoms with van der Waals surface area (Å²) in [7, 11) is -3.51. The second kappa shape index (κ2) is 9.88. The Balaban J connectivity index is 4.14. The topological polar surface area (TPSA) is 92.3 Å². The first-order valence-electron chi connectivity index (χ1n) is 7.06. The summed E-state index contributed by atoms with van der Waals surface area (Å²) in [5.74, 6) is -0.589. The average Bonchev–Trinajstić information content (AvgIpc) is 2.36. The highest BCUT2D eigenvalue weighted by Gasteiger charge is 2.17. The van der Waals surface area contributed by atoms with Gasteiger partial charge in [0.15, 0.2) is 0 Å². The van der Waals surface area contributed by atoms with Crippen LogP contribution in [0.3, 0.4) is 0 Å². The number of Topliss-reactive ketones (excluding diaryl/α,β-unsaturated/α-hetero) is 1. The molecule has 0 spiro atoms. The third-order valence-corrected chi connectivity index (χ3v) is 4.18. The Labute approximate surface area is 121 Å². The number of rotatable bonds is 11. The van der Waals surface area contributed by atoms with Crippen LogP contribution in [-0.2, 0) is 19.6 Å². The van der Waals surface area contributed by atoms with Crippen LogP contribution in [0, 0.1) is 5.92 Å². The first-order chi connectivity index (χ1) is 9.32. The van der Waals surface area contributed by atoms with E-state index in [0.717, 1.165) is 25.7 Å². The lowest BCUT2D eigenvalue weighted by Gasteiger charge is -2.15. The molecule has 0 bridgehead atoms. The zero-order valence-electron chi connectivity index (χ0n) is 12.6. The molecule has 20 heavy (non-hydrogen) atoms. The van der Waals surface area contributed by atoms with E-state index in [4.69, 9.17) is 0 Å². The lowest BCUT2D eigenvalue weighted by atomic mass is 9.97. The average molecular weight is 306 g/mol. The highest BCUT2D eigenvalue weighted by Crippen LogP contribution is 2.13. The minimum atomic E-state index is -3.51. The molecule has 0 fully saturated rings. The normalized spacial score (nSPS) is 11.6. The molecule has 118 valence electrons. The van der Waals surface area contributed by atoms with Crippen molar-refractivity contribution >= 4 is 21.7 Å². The van der Waals surface area contributed by atoms with Crippen molar-refractivity contribution in [1.29, 1.82) is 0 Å². The summed E-state index contributed by atoms with van der Waals surface area (Å²) in [5, 5.41) is 2.65. The minimum absolute atomic E-state index is 0.0436. The summed E-state index contributed by atoms with van der Waals surface area (Å²) >= 11 is 0. The number of amides is 1. The van der Waals surface area contributed by atoms with E-state index in [9.17, 15) is 18.0 Å². The van der Waals surface area contributed by atoms with E-state index in [1.165, 1.54) is 6.92 Å². The van der Waals surface area contributed by atoms with Crippen LogP contribution in [0.25, 0.3) is 0 Å². The molecule has 0 aromatic rings. The van der Waals surface area contributed by atoms with Gasteiger partial charge in [-0.3, -0.25) is 9.59 Å². The van der Waals surface area contributed by atoms with Gasteiger partial charge < -0.3 is 5.32 Å². The fourth-order valence-corrected chi connectivity index (χ4v) is 2.78. The largest absolute Gasteiger partial charge is 0.355 e. The molecular weight excluding hydrogens is 280 g/mol. The predicted molar refractivity (Wildman–Crippen MR) is 78.8 cm³/mol. The quantitative estimate of drug-likeness (QED) is 0.591. The molecule has 2 N–H and O–H groups in total. The molecule has 7 heteroatoms. The zero-order chi connectivity index (χ0) is 15.6. The number of hydrogen-bond acceptors (Lipinski definition) is 4. The Hall–Kier alpha value is -0.950. The molecule has 0 rings (SSSR count). The Morgan fingerprint density at radius 3 is 2.10 bits per heavy atom. The van der Waals surface area contributed by atoms with Crippen LogP contribution < -0.4 is 10.0 Å². The molecule has 0 radical (unpaired) electrons. The van der Waals surface area contributed by atoms with E-state index in [-0.39, 0.29) is 36.5 Å². The highest BCUT2D eigenvalue weighted by atomic mass is 32.2. The van der Waals surface area contributed by atoms with Gasteiger partial charge in [0.1, 0.15) is 5.78 Å². The van der Waals surface area contributed by atoms with Gasteiger partial charge in [-0.1, -0.05) is 26.7 Å². The maximum absolute atomic E-state index is 11.9. The number of ketones is 1. The maximum atomic E-state index is 11.9. The van der Waals surface area contributed by atoms with E-state index in [0.29, 0.717) is 0 Å². The Morgan fingerprint density at radius 1 is 1.10 bits per heavy atom. The Bertz CT molecular complexity index is 401. The maximum Gasteiger partial charge on any atom is 0.223 e. The highest BCUT2D eigenvalue weighted by molar-refractivity contribution is 7.89. The zero-order valence-corrected chi connectivity index (χ0v) is 13.4. The van der Waals surface area contributed by atoms with Crippen molar-refractivity contribution in [3.8, 4) is 0 Å². The SMILES string of the molecule is CCCC(CCC)C(=O)NCCS(=O)(=O)NCC(C)=O. The Kier molecular flexibility index (Phi) is 9.41. The van der Waals surface area contributed by atoms with E-state index >= 15 is 0 Å². The molecule has 0 unspecified atom stereocenters. The fourth-order valence-electron chi connectivity index (χ4n) is 1.84. The summed E-state index contributed by atoms with van der Waals surface area (Å²) in [6, 6.07) is 0. The molecular formula is C13H26N2O4S. The monoisotopic (exact) mass is 306 g/mol. The Morgan fingerprint density at radius 2 is 1.65 bits per heavy atom. The fraction of sp³-hybridized carbons (Fsp3) is 0.846. The number of hydrogen-bond donors (Lipinski definition) is 2. The van der Waals surface area contributed by atoms with Crippen LogP contribution in [0.1, 0.15) is 46.5 Å². The lowest BCUT2D eigenvalue weighted by Crippen LogP contribution is -2.38. The van der Waals surface area contributed by atoms with Gasteiger partial charge in [-0.05, 0) is 19.8 Å². The van der Waals surface area contributed by atoms with Gasteiger partial charge in [0.2, 0.25) is 15.9 Å². The van der Waals surface area contributed by atoms with Gasteiger partial charge in [0, 0.05) is 12.5 Å². The molecule has 0 aliphatic carbocycles. The second-order valence-corrected chi connectivity index (χ2v) is 6.83. The number of carbonyl (C=O) groups is 2. The van der Waals surface area contributed by atoms with Crippen LogP contribution in [0.5, 0.6) is 0 Å². The van der Waals surface area contributed by atoms with Gasteiger partial charge in [0.05, 0.1) is 12.3 Å². The van der Waals surface area contributed by atoms with Crippen molar-refractivity contribution in [2.75, 3.05) is 18.8 Å². The summed E-state index contributed by atoms with van der Waals surface area (Å²) in [5.41, 5.74) is 0. The van der Waals surface area contributed by atoms with Crippen molar-refractivity contribution in [2.24, 2.45) is 5.92 Å². The van der Waals surface area contributed by atoms with E-state index in [2.05, 4.69) is 10.0 Å². The molecule has 0 saturated heterocycles. The summed E-state index contributed by atoms with van der Waals surface area (Å²) in [4.78, 5) is 22.6. The van der Waals surface area contributed by atoms with Crippen molar-refractivity contribution in [2.45, 2.75) is 46.5 Å². The standard InChI is InChI=1S/C13H26N2O4S/c1-4-6-12(7-5-2)13(17)14-8-9-20(18,19)15-10-11(3)16/h12,15H,4-10H2,1-3H3,(H,14,17). The van der Waals surface area contributed by atoms with Crippen molar-refractivity contribution < 1.29 is 18.0 Å². The summed E-state index contributed by atoms with van der Waals surface area (Å²) in [6.07, 6.45) is 3.48. The molecule has 6 nitrogen and oxygen atoms in total. The molecule has 0 aliphatic rings. The van der Waals surface area contributed by atoms with Crippen molar-refractivity contribution in [3.63, 3.8) is 0 Å². The smallest absolute Gasteiger partial charge is 0.223 e. The van der Waals surface area contributed by atoms with Gasteiger partial charge in [0.25, 0.3) is 0 Å². The number of sulfonamides is 1. The predicted octanol–water partition coefficient (Wildman–Crippen LogP) is 0.827. The van der Waals surface area contributed by atoms with Crippen LogP contribution in [0.15, 0.2) is 0 Å². The summed E-state index contributed by atoms with van der Waals surface area (Å²) < 4.78 is 25.2. The molecule has 0 aliphatic heterocycles. The third-order valence-electron chi connectivity index (χ3n) is 2.86. The molecule has 0 aromatic carbocycles. The molecule has 0 atom stereocenters. The van der Waals surface area contributed by atoms with E-state index in [1.807, 2.05) is 13.8 Å². The van der Waals surface area contributed by atoms with E-state index in [1.54, 1.807) is 0 Å². The minimum Gasteiger partial charge on any atom is -0.355 e. The number of carbonyl (C=O) groups excluding carboxylic acids is 2. The van der Waals surface area contributed by atoms with Crippen LogP contribution in [0.4, 0.5) is 0 Å². The first kappa shape index (κ1) is 19.1. The second-order valence-electron chi connectivity index (χ2n) is 4.91. The molecule has 0 heterocycles. The molecule has 1 amide bonds. The molecule has 0 saturated carbocycles. The van der Waals surface area contributed by atoms with Crippen molar-refractivity contribution in [3.05, 3.63) is 0 Å². The van der Waals surface area contributed by atoms with Crippen LogP contribution in [0.2, 0.25) is 0 Å². The summed E-state index contributed by atoms with van der Waals surface area (Å²) in [6.45, 7) is 5.21. The first-order valence-corrected chi connectivity index (χ1v) is 8.72. The van der Waals surface area contributed by atoms with E-state index < -0.39 is 10.0 Å².